The zero-order chi connectivity index (χ0) is 13.6. The van der Waals surface area contributed by atoms with Crippen LogP contribution in [0.15, 0.2) is 24.3 Å². The summed E-state index contributed by atoms with van der Waals surface area (Å²) in [5.41, 5.74) is 5.39. The number of carbonyl (C=O) groups is 1. The van der Waals surface area contributed by atoms with Crippen LogP contribution in [0.2, 0.25) is 0 Å². The Bertz CT molecular complexity index is 392. The first-order valence-corrected chi connectivity index (χ1v) is 5.83. The number of nitrogens with two attached hydrogens (primary N) is 1. The monoisotopic (exact) mass is 252 g/mol. The van der Waals surface area contributed by atoms with Crippen LogP contribution in [-0.4, -0.2) is 30.2 Å². The molecule has 0 aliphatic heterocycles. The second-order valence-corrected chi connectivity index (χ2v) is 4.35. The van der Waals surface area contributed by atoms with Gasteiger partial charge in [0.15, 0.2) is 0 Å². The summed E-state index contributed by atoms with van der Waals surface area (Å²) in [7, 11) is 1.70. The summed E-state index contributed by atoms with van der Waals surface area (Å²) in [6.07, 6.45) is 0.487. The molecule has 1 unspecified atom stereocenters. The van der Waals surface area contributed by atoms with Crippen molar-refractivity contribution in [2.45, 2.75) is 25.5 Å². The number of hydrogen-bond donors (Lipinski definition) is 3. The molecule has 0 aliphatic carbocycles. The fourth-order valence-electron chi connectivity index (χ4n) is 1.44. The lowest BCUT2D eigenvalue weighted by atomic mass is 9.98. The van der Waals surface area contributed by atoms with E-state index in [1.807, 2.05) is 0 Å². The number of benzene rings is 1. The molecule has 0 saturated carbocycles. The van der Waals surface area contributed by atoms with Crippen molar-refractivity contribution in [2.24, 2.45) is 5.73 Å². The Balaban J connectivity index is 2.47. The van der Waals surface area contributed by atoms with E-state index in [1.54, 1.807) is 38.2 Å². The van der Waals surface area contributed by atoms with Crippen LogP contribution in [0.25, 0.3) is 0 Å². The van der Waals surface area contributed by atoms with Crippen molar-refractivity contribution in [3.05, 3.63) is 29.8 Å². The molecule has 0 aromatic heterocycles. The van der Waals surface area contributed by atoms with Crippen LogP contribution in [0, 0.1) is 0 Å². The zero-order valence-corrected chi connectivity index (χ0v) is 10.8. The summed E-state index contributed by atoms with van der Waals surface area (Å²) in [6, 6.07) is 7.15. The van der Waals surface area contributed by atoms with E-state index in [-0.39, 0.29) is 6.61 Å². The highest BCUT2D eigenvalue weighted by Crippen LogP contribution is 2.14. The lowest BCUT2D eigenvalue weighted by Crippen LogP contribution is -2.52. The standard InChI is InChI=1S/C13H20N2O3/c1-13(15-2,12(14)17)7-8-18-11-5-3-10(9-16)4-6-11/h3-6,15-16H,7-9H2,1-2H3,(H2,14,17). The molecule has 0 heterocycles. The van der Waals surface area contributed by atoms with E-state index >= 15 is 0 Å². The van der Waals surface area contributed by atoms with Crippen LogP contribution in [0.3, 0.4) is 0 Å². The van der Waals surface area contributed by atoms with Gasteiger partial charge in [-0.3, -0.25) is 4.79 Å². The topological polar surface area (TPSA) is 84.6 Å². The molecule has 100 valence electrons. The molecule has 5 heteroatoms. The van der Waals surface area contributed by atoms with Gasteiger partial charge in [0, 0.05) is 6.42 Å². The van der Waals surface area contributed by atoms with Gasteiger partial charge in [0.05, 0.1) is 18.8 Å². The fourth-order valence-corrected chi connectivity index (χ4v) is 1.44. The Morgan fingerprint density at radius 2 is 2.06 bits per heavy atom. The Morgan fingerprint density at radius 3 is 2.50 bits per heavy atom. The van der Waals surface area contributed by atoms with Gasteiger partial charge in [-0.1, -0.05) is 12.1 Å². The van der Waals surface area contributed by atoms with Crippen LogP contribution >= 0.6 is 0 Å². The maximum atomic E-state index is 11.3. The summed E-state index contributed by atoms with van der Waals surface area (Å²) in [4.78, 5) is 11.3. The minimum Gasteiger partial charge on any atom is -0.494 e. The summed E-state index contributed by atoms with van der Waals surface area (Å²) >= 11 is 0. The largest absolute Gasteiger partial charge is 0.494 e. The van der Waals surface area contributed by atoms with Gasteiger partial charge in [-0.2, -0.15) is 0 Å². The van der Waals surface area contributed by atoms with E-state index in [1.165, 1.54) is 0 Å². The predicted octanol–water partition coefficient (Wildman–Crippen LogP) is 0.411. The summed E-state index contributed by atoms with van der Waals surface area (Å²) in [5.74, 6) is 0.305. The maximum Gasteiger partial charge on any atom is 0.237 e. The first-order chi connectivity index (χ1) is 8.51. The van der Waals surface area contributed by atoms with E-state index in [2.05, 4.69) is 5.32 Å². The number of hydrogen-bond acceptors (Lipinski definition) is 4. The van der Waals surface area contributed by atoms with Crippen LogP contribution in [0.1, 0.15) is 18.9 Å². The van der Waals surface area contributed by atoms with Crippen LogP contribution < -0.4 is 15.8 Å². The molecular weight excluding hydrogens is 232 g/mol. The second-order valence-electron chi connectivity index (χ2n) is 4.35. The number of aliphatic hydroxyl groups excluding tert-OH is 1. The van der Waals surface area contributed by atoms with Crippen molar-refractivity contribution in [2.75, 3.05) is 13.7 Å². The number of amides is 1. The van der Waals surface area contributed by atoms with Crippen LogP contribution in [-0.2, 0) is 11.4 Å². The summed E-state index contributed by atoms with van der Waals surface area (Å²) < 4.78 is 5.52. The number of rotatable bonds is 7. The second kappa shape index (κ2) is 6.37. The number of primary amides is 1. The molecule has 1 atom stereocenters. The number of ether oxygens (including phenoxy) is 1. The van der Waals surface area contributed by atoms with Crippen molar-refractivity contribution < 1.29 is 14.6 Å². The maximum absolute atomic E-state index is 11.3. The Kier molecular flexibility index (Phi) is 5.12. The van der Waals surface area contributed by atoms with Crippen molar-refractivity contribution in [1.82, 2.24) is 5.32 Å². The number of carbonyl (C=O) groups excluding carboxylic acids is 1. The van der Waals surface area contributed by atoms with Gasteiger partial charge >= 0.3 is 0 Å². The average molecular weight is 252 g/mol. The first kappa shape index (κ1) is 14.5. The molecule has 1 aromatic rings. The van der Waals surface area contributed by atoms with Gasteiger partial charge < -0.3 is 20.9 Å². The van der Waals surface area contributed by atoms with Gasteiger partial charge in [0.1, 0.15) is 5.75 Å². The lowest BCUT2D eigenvalue weighted by Gasteiger charge is -2.25. The molecular formula is C13H20N2O3. The molecule has 0 aliphatic rings. The fraction of sp³-hybridized carbons (Fsp3) is 0.462. The Morgan fingerprint density at radius 1 is 1.44 bits per heavy atom. The van der Waals surface area contributed by atoms with Gasteiger partial charge in [0.2, 0.25) is 5.91 Å². The van der Waals surface area contributed by atoms with E-state index in [9.17, 15) is 4.79 Å². The molecule has 18 heavy (non-hydrogen) atoms. The van der Waals surface area contributed by atoms with Gasteiger partial charge in [-0.15, -0.1) is 0 Å². The predicted molar refractivity (Wildman–Crippen MR) is 69.1 cm³/mol. The quantitative estimate of drug-likeness (QED) is 0.656. The minimum absolute atomic E-state index is 0.0137. The van der Waals surface area contributed by atoms with Gasteiger partial charge in [0.25, 0.3) is 0 Å². The molecule has 1 amide bonds. The van der Waals surface area contributed by atoms with Crippen LogP contribution in [0.5, 0.6) is 5.75 Å². The van der Waals surface area contributed by atoms with Crippen molar-refractivity contribution in [3.8, 4) is 5.75 Å². The molecule has 0 bridgehead atoms. The zero-order valence-electron chi connectivity index (χ0n) is 10.8. The third-order valence-corrected chi connectivity index (χ3v) is 3.07. The molecule has 0 saturated heterocycles. The third-order valence-electron chi connectivity index (χ3n) is 3.07. The molecule has 4 N–H and O–H groups in total. The van der Waals surface area contributed by atoms with E-state index < -0.39 is 11.4 Å². The summed E-state index contributed by atoms with van der Waals surface area (Å²) in [6.45, 7) is 2.14. The van der Waals surface area contributed by atoms with Gasteiger partial charge in [-0.25, -0.2) is 0 Å². The number of nitrogens with one attached hydrogen (secondary N) is 1. The first-order valence-electron chi connectivity index (χ1n) is 5.83. The molecule has 5 nitrogen and oxygen atoms in total. The number of likely N-dealkylation sites (N-methyl/N-ethyl adjacent to an activating group) is 1. The summed E-state index contributed by atoms with van der Waals surface area (Å²) in [5, 5.41) is 11.8. The molecule has 0 spiro atoms. The third kappa shape index (κ3) is 3.72. The molecule has 1 aromatic carbocycles. The van der Waals surface area contributed by atoms with Crippen molar-refractivity contribution in [3.63, 3.8) is 0 Å². The van der Waals surface area contributed by atoms with Crippen LogP contribution in [0.4, 0.5) is 0 Å². The lowest BCUT2D eigenvalue weighted by molar-refractivity contribution is -0.124. The highest BCUT2D eigenvalue weighted by atomic mass is 16.5. The molecule has 0 fully saturated rings. The molecule has 1 rings (SSSR count). The highest BCUT2D eigenvalue weighted by molar-refractivity contribution is 5.84. The number of aliphatic hydroxyl groups is 1. The highest BCUT2D eigenvalue weighted by Gasteiger charge is 2.28. The smallest absolute Gasteiger partial charge is 0.237 e. The Labute approximate surface area is 107 Å². The van der Waals surface area contributed by atoms with Crippen molar-refractivity contribution in [1.29, 1.82) is 0 Å². The SMILES string of the molecule is CNC(C)(CCOc1ccc(CO)cc1)C(N)=O. The molecule has 0 radical (unpaired) electrons. The van der Waals surface area contributed by atoms with E-state index in [0.29, 0.717) is 18.8 Å². The van der Waals surface area contributed by atoms with E-state index in [4.69, 9.17) is 15.6 Å². The minimum atomic E-state index is -0.759. The normalized spacial score (nSPS) is 13.9. The average Bonchev–Trinajstić information content (AvgIpc) is 2.39. The Hall–Kier alpha value is -1.59. The van der Waals surface area contributed by atoms with Gasteiger partial charge in [-0.05, 0) is 31.7 Å². The van der Waals surface area contributed by atoms with E-state index in [0.717, 1.165) is 5.56 Å². The van der Waals surface area contributed by atoms with Crippen molar-refractivity contribution >= 4 is 5.91 Å².